The van der Waals surface area contributed by atoms with E-state index in [-0.39, 0.29) is 11.7 Å². The summed E-state index contributed by atoms with van der Waals surface area (Å²) < 4.78 is 0. The first-order valence-corrected chi connectivity index (χ1v) is 6.41. The van der Waals surface area contributed by atoms with E-state index in [0.29, 0.717) is 24.5 Å². The number of benzene rings is 1. The normalized spacial score (nSPS) is 10.3. The predicted molar refractivity (Wildman–Crippen MR) is 77.6 cm³/mol. The van der Waals surface area contributed by atoms with Crippen LogP contribution >= 0.6 is 0 Å². The number of nitrogens with zero attached hydrogens (tertiary/aromatic N) is 2. The number of amides is 1. The van der Waals surface area contributed by atoms with Gasteiger partial charge in [0.1, 0.15) is 11.4 Å². The lowest BCUT2D eigenvalue weighted by molar-refractivity contribution is 0.0983. The molecule has 2 rings (SSSR count). The molecule has 1 heterocycles. The van der Waals surface area contributed by atoms with Crippen LogP contribution in [0.15, 0.2) is 42.6 Å². The Kier molecular flexibility index (Phi) is 4.32. The molecule has 0 atom stereocenters. The van der Waals surface area contributed by atoms with E-state index in [0.717, 1.165) is 5.56 Å². The fraction of sp³-hybridized carbons (Fsp3) is 0.200. The molecular formula is C15H17N3O2. The van der Waals surface area contributed by atoms with Crippen molar-refractivity contribution in [1.82, 2.24) is 4.98 Å². The Morgan fingerprint density at radius 3 is 2.70 bits per heavy atom. The molecule has 0 spiro atoms. The smallest absolute Gasteiger partial charge is 0.276 e. The van der Waals surface area contributed by atoms with Gasteiger partial charge in [0.25, 0.3) is 5.91 Å². The van der Waals surface area contributed by atoms with Crippen LogP contribution in [0.2, 0.25) is 0 Å². The first-order chi connectivity index (χ1) is 9.65. The molecule has 2 aromatic rings. The lowest BCUT2D eigenvalue weighted by Gasteiger charge is -2.20. The largest absolute Gasteiger partial charge is 0.508 e. The minimum Gasteiger partial charge on any atom is -0.508 e. The monoisotopic (exact) mass is 271 g/mol. The van der Waals surface area contributed by atoms with Crippen molar-refractivity contribution in [3.05, 3.63) is 53.9 Å². The van der Waals surface area contributed by atoms with Crippen LogP contribution < -0.4 is 10.6 Å². The van der Waals surface area contributed by atoms with Gasteiger partial charge in [-0.1, -0.05) is 12.1 Å². The van der Waals surface area contributed by atoms with Crippen LogP contribution in [0.5, 0.6) is 5.75 Å². The number of anilines is 1. The van der Waals surface area contributed by atoms with Gasteiger partial charge < -0.3 is 15.7 Å². The molecule has 5 heteroatoms. The molecule has 3 N–H and O–H groups in total. The van der Waals surface area contributed by atoms with Crippen molar-refractivity contribution in [2.75, 3.05) is 11.4 Å². The zero-order chi connectivity index (χ0) is 14.5. The minimum atomic E-state index is -0.207. The number of hydrogen-bond donors (Lipinski definition) is 2. The Bertz CT molecular complexity index is 596. The molecule has 0 saturated heterocycles. The molecule has 5 nitrogen and oxygen atoms in total. The number of hydrogen-bond acceptors (Lipinski definition) is 4. The van der Waals surface area contributed by atoms with Crippen LogP contribution in [0.25, 0.3) is 0 Å². The molecule has 20 heavy (non-hydrogen) atoms. The minimum absolute atomic E-state index is 0.125. The molecule has 0 bridgehead atoms. The topological polar surface area (TPSA) is 79.5 Å². The van der Waals surface area contributed by atoms with Crippen LogP contribution in [-0.2, 0) is 6.54 Å². The predicted octanol–water partition coefficient (Wildman–Crippen LogP) is 1.91. The highest BCUT2D eigenvalue weighted by Gasteiger charge is 2.17. The van der Waals surface area contributed by atoms with Crippen LogP contribution in [0.3, 0.4) is 0 Å². The van der Waals surface area contributed by atoms with E-state index in [4.69, 9.17) is 5.73 Å². The van der Waals surface area contributed by atoms with Crippen LogP contribution in [0.1, 0.15) is 23.0 Å². The van der Waals surface area contributed by atoms with Gasteiger partial charge in [0.2, 0.25) is 0 Å². The lowest BCUT2D eigenvalue weighted by Crippen LogP contribution is -2.31. The van der Waals surface area contributed by atoms with E-state index in [1.165, 1.54) is 0 Å². The van der Waals surface area contributed by atoms with Crippen molar-refractivity contribution < 1.29 is 9.90 Å². The maximum atomic E-state index is 12.4. The Morgan fingerprint density at radius 2 is 2.15 bits per heavy atom. The summed E-state index contributed by atoms with van der Waals surface area (Å²) in [6, 6.07) is 10.0. The molecular weight excluding hydrogens is 254 g/mol. The molecule has 1 amide bonds. The highest BCUT2D eigenvalue weighted by Crippen LogP contribution is 2.21. The Balaban J connectivity index is 2.28. The van der Waals surface area contributed by atoms with Crippen molar-refractivity contribution in [2.24, 2.45) is 5.73 Å². The fourth-order valence-corrected chi connectivity index (χ4v) is 1.91. The van der Waals surface area contributed by atoms with Gasteiger partial charge in [-0.3, -0.25) is 9.78 Å². The third kappa shape index (κ3) is 2.95. The van der Waals surface area contributed by atoms with Crippen molar-refractivity contribution in [3.8, 4) is 5.75 Å². The van der Waals surface area contributed by atoms with E-state index in [1.54, 1.807) is 47.5 Å². The van der Waals surface area contributed by atoms with Gasteiger partial charge in [-0.25, -0.2) is 0 Å². The molecule has 0 aliphatic carbocycles. The van der Waals surface area contributed by atoms with E-state index in [9.17, 15) is 9.90 Å². The number of nitrogens with two attached hydrogens (primary N) is 1. The molecule has 0 saturated carbocycles. The second kappa shape index (κ2) is 6.16. The number of phenolic OH excluding ortho intramolecular Hbond substituents is 1. The summed E-state index contributed by atoms with van der Waals surface area (Å²) in [4.78, 5) is 18.1. The Morgan fingerprint density at radius 1 is 1.35 bits per heavy atom. The molecule has 0 unspecified atom stereocenters. The number of carbonyl (C=O) groups excluding carboxylic acids is 1. The van der Waals surface area contributed by atoms with Gasteiger partial charge in [-0.05, 0) is 30.7 Å². The molecule has 1 aromatic heterocycles. The molecule has 0 radical (unpaired) electrons. The third-order valence-corrected chi connectivity index (χ3v) is 2.98. The zero-order valence-electron chi connectivity index (χ0n) is 11.3. The van der Waals surface area contributed by atoms with Crippen LogP contribution in [-0.4, -0.2) is 22.5 Å². The number of phenols is 1. The number of aromatic hydroxyl groups is 1. The molecule has 0 aliphatic heterocycles. The second-order valence-electron chi connectivity index (χ2n) is 4.33. The van der Waals surface area contributed by atoms with Gasteiger partial charge in [0.15, 0.2) is 0 Å². The number of carbonyl (C=O) groups is 1. The van der Waals surface area contributed by atoms with Gasteiger partial charge in [0, 0.05) is 31.0 Å². The number of aromatic nitrogens is 1. The van der Waals surface area contributed by atoms with Gasteiger partial charge in [-0.15, -0.1) is 0 Å². The Labute approximate surface area is 117 Å². The van der Waals surface area contributed by atoms with E-state index < -0.39 is 0 Å². The molecule has 104 valence electrons. The quantitative estimate of drug-likeness (QED) is 0.890. The molecule has 1 aromatic carbocycles. The highest BCUT2D eigenvalue weighted by molar-refractivity contribution is 6.04. The van der Waals surface area contributed by atoms with Crippen molar-refractivity contribution >= 4 is 11.6 Å². The molecule has 0 aliphatic rings. The molecule has 0 fully saturated rings. The third-order valence-electron chi connectivity index (χ3n) is 2.98. The van der Waals surface area contributed by atoms with Crippen molar-refractivity contribution in [2.45, 2.75) is 13.5 Å². The summed E-state index contributed by atoms with van der Waals surface area (Å²) in [5, 5.41) is 9.51. The summed E-state index contributed by atoms with van der Waals surface area (Å²) in [6.07, 6.45) is 1.60. The zero-order valence-corrected chi connectivity index (χ0v) is 11.3. The SMILES string of the molecule is CCN(C(=O)c1ccc(CN)cn1)c1cccc(O)c1. The number of pyridine rings is 1. The average Bonchev–Trinajstić information content (AvgIpc) is 2.48. The maximum Gasteiger partial charge on any atom is 0.276 e. The summed E-state index contributed by atoms with van der Waals surface area (Å²) >= 11 is 0. The summed E-state index contributed by atoms with van der Waals surface area (Å²) in [5.41, 5.74) is 7.38. The standard InChI is InChI=1S/C15H17N3O2/c1-2-18(12-4-3-5-13(19)8-12)15(20)14-7-6-11(9-16)10-17-14/h3-8,10,19H,2,9,16H2,1H3. The second-order valence-corrected chi connectivity index (χ2v) is 4.33. The maximum absolute atomic E-state index is 12.4. The summed E-state index contributed by atoms with van der Waals surface area (Å²) in [6.45, 7) is 2.75. The summed E-state index contributed by atoms with van der Waals surface area (Å²) in [5.74, 6) is -0.0816. The van der Waals surface area contributed by atoms with E-state index in [1.807, 2.05) is 6.92 Å². The summed E-state index contributed by atoms with van der Waals surface area (Å²) in [7, 11) is 0. The van der Waals surface area contributed by atoms with Crippen LogP contribution in [0.4, 0.5) is 5.69 Å². The lowest BCUT2D eigenvalue weighted by atomic mass is 10.2. The van der Waals surface area contributed by atoms with Gasteiger partial charge in [-0.2, -0.15) is 0 Å². The van der Waals surface area contributed by atoms with Crippen molar-refractivity contribution in [3.63, 3.8) is 0 Å². The van der Waals surface area contributed by atoms with Crippen molar-refractivity contribution in [1.29, 1.82) is 0 Å². The number of rotatable bonds is 4. The van der Waals surface area contributed by atoms with E-state index in [2.05, 4.69) is 4.98 Å². The van der Waals surface area contributed by atoms with Gasteiger partial charge >= 0.3 is 0 Å². The van der Waals surface area contributed by atoms with E-state index >= 15 is 0 Å². The highest BCUT2D eigenvalue weighted by atomic mass is 16.3. The average molecular weight is 271 g/mol. The van der Waals surface area contributed by atoms with Crippen LogP contribution in [0, 0.1) is 0 Å². The first-order valence-electron chi connectivity index (χ1n) is 6.41. The first kappa shape index (κ1) is 14.0. The Hall–Kier alpha value is -2.40. The van der Waals surface area contributed by atoms with Gasteiger partial charge in [0.05, 0.1) is 0 Å². The fourth-order valence-electron chi connectivity index (χ4n) is 1.91.